The van der Waals surface area contributed by atoms with E-state index in [1.54, 1.807) is 6.20 Å². The smallest absolute Gasteiger partial charge is 0.457 e. The maximum absolute atomic E-state index is 6.02. The number of rotatable bonds is 3. The Balaban J connectivity index is 1.81. The highest BCUT2D eigenvalue weighted by Gasteiger charge is 2.52. The number of hydrogen-bond acceptors (Lipinski definition) is 4. The summed E-state index contributed by atoms with van der Waals surface area (Å²) >= 11 is 0. The third-order valence-corrected chi connectivity index (χ3v) is 4.23. The van der Waals surface area contributed by atoms with Crippen molar-refractivity contribution in [3.05, 3.63) is 48.7 Å². The number of nitrogens with zero attached hydrogens (tertiary/aromatic N) is 1. The first-order valence-electron chi connectivity index (χ1n) is 7.42. The predicted octanol–water partition coefficient (Wildman–Crippen LogP) is 3.17. The number of ether oxygens (including phenoxy) is 1. The van der Waals surface area contributed by atoms with Crippen LogP contribution >= 0.6 is 0 Å². The van der Waals surface area contributed by atoms with Gasteiger partial charge in [0.1, 0.15) is 11.5 Å². The van der Waals surface area contributed by atoms with Crippen LogP contribution in [0.2, 0.25) is 0 Å². The molecule has 1 aliphatic heterocycles. The van der Waals surface area contributed by atoms with Crippen LogP contribution in [0.15, 0.2) is 48.7 Å². The summed E-state index contributed by atoms with van der Waals surface area (Å²) in [7, 11) is -0.482. The van der Waals surface area contributed by atoms with Crippen molar-refractivity contribution in [3.63, 3.8) is 0 Å². The van der Waals surface area contributed by atoms with Crippen LogP contribution in [0.25, 0.3) is 0 Å². The molecule has 1 aliphatic rings. The van der Waals surface area contributed by atoms with Gasteiger partial charge in [-0.1, -0.05) is 18.2 Å². The normalized spacial score (nSPS) is 19.2. The molecule has 3 rings (SSSR count). The topological polar surface area (TPSA) is 40.6 Å². The van der Waals surface area contributed by atoms with E-state index in [0.717, 1.165) is 5.75 Å². The molecule has 0 unspecified atom stereocenters. The first kappa shape index (κ1) is 15.1. The van der Waals surface area contributed by atoms with Gasteiger partial charge >= 0.3 is 7.12 Å². The molecule has 22 heavy (non-hydrogen) atoms. The molecule has 0 spiro atoms. The lowest BCUT2D eigenvalue weighted by atomic mass is 9.84. The Labute approximate surface area is 131 Å². The highest BCUT2D eigenvalue weighted by molar-refractivity contribution is 6.61. The van der Waals surface area contributed by atoms with Gasteiger partial charge in [0, 0.05) is 6.20 Å². The molecule has 1 aromatic carbocycles. The van der Waals surface area contributed by atoms with Crippen LogP contribution < -0.4 is 10.3 Å². The van der Waals surface area contributed by atoms with Crippen molar-refractivity contribution in [3.8, 4) is 11.5 Å². The highest BCUT2D eigenvalue weighted by atomic mass is 16.7. The van der Waals surface area contributed by atoms with Gasteiger partial charge in [0.25, 0.3) is 0 Å². The van der Waals surface area contributed by atoms with E-state index in [0.29, 0.717) is 11.3 Å². The van der Waals surface area contributed by atoms with E-state index in [9.17, 15) is 0 Å². The van der Waals surface area contributed by atoms with Crippen LogP contribution in [0.4, 0.5) is 0 Å². The average Bonchev–Trinajstić information content (AvgIpc) is 2.69. The van der Waals surface area contributed by atoms with E-state index < -0.39 is 7.12 Å². The van der Waals surface area contributed by atoms with Crippen molar-refractivity contribution in [2.75, 3.05) is 0 Å². The molecule has 4 nitrogen and oxygen atoms in total. The van der Waals surface area contributed by atoms with Crippen LogP contribution in [0, 0.1) is 0 Å². The number of para-hydroxylation sites is 1. The molecule has 0 radical (unpaired) electrons. The van der Waals surface area contributed by atoms with Gasteiger partial charge in [0.15, 0.2) is 0 Å². The monoisotopic (exact) mass is 297 g/mol. The van der Waals surface area contributed by atoms with Gasteiger partial charge in [0.2, 0.25) is 0 Å². The van der Waals surface area contributed by atoms with Crippen molar-refractivity contribution in [2.45, 2.75) is 38.9 Å². The minimum atomic E-state index is -0.482. The Morgan fingerprint density at radius 3 is 2.18 bits per heavy atom. The molecule has 2 heterocycles. The molecule has 5 heteroatoms. The summed E-state index contributed by atoms with van der Waals surface area (Å²) in [6.45, 7) is 8.10. The zero-order valence-corrected chi connectivity index (χ0v) is 13.4. The fourth-order valence-corrected chi connectivity index (χ4v) is 2.21. The van der Waals surface area contributed by atoms with Crippen molar-refractivity contribution in [2.24, 2.45) is 0 Å². The van der Waals surface area contributed by atoms with Crippen LogP contribution in [-0.2, 0) is 9.31 Å². The first-order valence-corrected chi connectivity index (χ1v) is 7.42. The molecule has 1 saturated heterocycles. The lowest BCUT2D eigenvalue weighted by Crippen LogP contribution is -2.41. The van der Waals surface area contributed by atoms with Gasteiger partial charge in [-0.05, 0) is 52.0 Å². The summed E-state index contributed by atoms with van der Waals surface area (Å²) in [6, 6.07) is 13.3. The van der Waals surface area contributed by atoms with Gasteiger partial charge in [-0.25, -0.2) is 0 Å². The van der Waals surface area contributed by atoms with Crippen LogP contribution in [0.5, 0.6) is 11.5 Å². The van der Waals surface area contributed by atoms with Gasteiger partial charge in [-0.15, -0.1) is 0 Å². The molecule has 2 aromatic rings. The third-order valence-electron chi connectivity index (χ3n) is 4.23. The first-order chi connectivity index (χ1) is 10.4. The predicted molar refractivity (Wildman–Crippen MR) is 86.5 cm³/mol. The van der Waals surface area contributed by atoms with E-state index in [1.807, 2.05) is 70.2 Å². The summed E-state index contributed by atoms with van der Waals surface area (Å²) in [5.74, 6) is 1.50. The lowest BCUT2D eigenvalue weighted by molar-refractivity contribution is 0.00578. The summed E-state index contributed by atoms with van der Waals surface area (Å²) in [5.41, 5.74) is -0.0438. The van der Waals surface area contributed by atoms with E-state index >= 15 is 0 Å². The Hall–Kier alpha value is -1.85. The zero-order valence-electron chi connectivity index (χ0n) is 13.4. The van der Waals surface area contributed by atoms with Gasteiger partial charge in [-0.2, -0.15) is 0 Å². The number of aromatic nitrogens is 1. The van der Waals surface area contributed by atoms with E-state index in [1.165, 1.54) is 0 Å². The standard InChI is InChI=1S/C17H20BNO3/c1-16(2)17(3,4)22-18(21-16)15-12-14(10-11-19-15)20-13-8-6-5-7-9-13/h5-12H,1-4H3. The minimum Gasteiger partial charge on any atom is -0.457 e. The van der Waals surface area contributed by atoms with Crippen LogP contribution in [-0.4, -0.2) is 23.3 Å². The lowest BCUT2D eigenvalue weighted by Gasteiger charge is -2.32. The second kappa shape index (κ2) is 5.41. The van der Waals surface area contributed by atoms with E-state index in [4.69, 9.17) is 14.0 Å². The molecule has 1 fully saturated rings. The molecular weight excluding hydrogens is 277 g/mol. The number of pyridine rings is 1. The quantitative estimate of drug-likeness (QED) is 0.816. The van der Waals surface area contributed by atoms with Gasteiger partial charge in [0.05, 0.1) is 16.8 Å². The molecule has 1 aromatic heterocycles. The Morgan fingerprint density at radius 2 is 1.55 bits per heavy atom. The Bertz CT molecular complexity index is 642. The molecule has 0 amide bonds. The van der Waals surface area contributed by atoms with Crippen molar-refractivity contribution in [1.29, 1.82) is 0 Å². The van der Waals surface area contributed by atoms with Crippen LogP contribution in [0.3, 0.4) is 0 Å². The summed E-state index contributed by atoms with van der Waals surface area (Å²) in [5, 5.41) is 0. The van der Waals surface area contributed by atoms with Crippen molar-refractivity contribution in [1.82, 2.24) is 4.98 Å². The molecule has 0 aliphatic carbocycles. The molecule has 114 valence electrons. The zero-order chi connectivity index (χ0) is 15.8. The maximum atomic E-state index is 6.02. The van der Waals surface area contributed by atoms with E-state index in [-0.39, 0.29) is 11.2 Å². The molecule has 0 saturated carbocycles. The maximum Gasteiger partial charge on any atom is 0.514 e. The molecule has 0 bridgehead atoms. The molecular formula is C17H20BNO3. The summed E-state index contributed by atoms with van der Waals surface area (Å²) in [4.78, 5) is 4.36. The largest absolute Gasteiger partial charge is 0.514 e. The number of benzene rings is 1. The average molecular weight is 297 g/mol. The van der Waals surface area contributed by atoms with Crippen molar-refractivity contribution < 1.29 is 14.0 Å². The summed E-state index contributed by atoms with van der Waals surface area (Å²) < 4.78 is 17.9. The SMILES string of the molecule is CC1(C)OB(c2cc(Oc3ccccc3)ccn2)OC1(C)C. The van der Waals surface area contributed by atoms with E-state index in [2.05, 4.69) is 4.98 Å². The molecule has 0 atom stereocenters. The minimum absolute atomic E-state index is 0.379. The Kier molecular flexibility index (Phi) is 3.71. The summed E-state index contributed by atoms with van der Waals surface area (Å²) in [6.07, 6.45) is 1.71. The van der Waals surface area contributed by atoms with Crippen LogP contribution in [0.1, 0.15) is 27.7 Å². The second-order valence-corrected chi connectivity index (χ2v) is 6.42. The fraction of sp³-hybridized carbons (Fsp3) is 0.353. The molecule has 0 N–H and O–H groups in total. The highest BCUT2D eigenvalue weighted by Crippen LogP contribution is 2.36. The number of hydrogen-bond donors (Lipinski definition) is 0. The second-order valence-electron chi connectivity index (χ2n) is 6.42. The van der Waals surface area contributed by atoms with Crippen molar-refractivity contribution >= 4 is 12.7 Å². The third kappa shape index (κ3) is 2.87. The fourth-order valence-electron chi connectivity index (χ4n) is 2.21. The van der Waals surface area contributed by atoms with Gasteiger partial charge < -0.3 is 14.0 Å². The Morgan fingerprint density at radius 1 is 0.909 bits per heavy atom. The van der Waals surface area contributed by atoms with Gasteiger partial charge in [-0.3, -0.25) is 4.98 Å².